The Morgan fingerprint density at radius 1 is 1.10 bits per heavy atom. The van der Waals surface area contributed by atoms with Gasteiger partial charge >= 0.3 is 5.97 Å². The molecule has 5 heteroatoms. The summed E-state index contributed by atoms with van der Waals surface area (Å²) in [7, 11) is 0. The molecular formula is C26H29NO3S. The van der Waals surface area contributed by atoms with Crippen LogP contribution in [0.2, 0.25) is 0 Å². The molecule has 2 aromatic carbocycles. The fourth-order valence-electron chi connectivity index (χ4n) is 4.39. The smallest absolute Gasteiger partial charge is 0.335 e. The maximum absolute atomic E-state index is 11.1. The summed E-state index contributed by atoms with van der Waals surface area (Å²) in [6.45, 7) is 5.25. The highest BCUT2D eigenvalue weighted by atomic mass is 32.1. The highest BCUT2D eigenvalue weighted by molar-refractivity contribution is 7.18. The second-order valence-electron chi connectivity index (χ2n) is 8.59. The molecule has 0 aliphatic heterocycles. The topological polar surface area (TPSA) is 59.4 Å². The third kappa shape index (κ3) is 4.67. The molecule has 4 rings (SSSR count). The van der Waals surface area contributed by atoms with Crippen LogP contribution < -0.4 is 4.74 Å². The molecule has 3 aromatic rings. The molecule has 0 saturated heterocycles. The van der Waals surface area contributed by atoms with Crippen molar-refractivity contribution in [3.05, 3.63) is 59.8 Å². The van der Waals surface area contributed by atoms with Gasteiger partial charge in [0.05, 0.1) is 17.0 Å². The van der Waals surface area contributed by atoms with Crippen molar-refractivity contribution in [2.45, 2.75) is 57.8 Å². The molecule has 0 unspecified atom stereocenters. The van der Waals surface area contributed by atoms with Gasteiger partial charge in [-0.1, -0.05) is 45.2 Å². The second kappa shape index (κ2) is 9.23. The number of benzene rings is 2. The first kappa shape index (κ1) is 21.6. The molecule has 1 aromatic heterocycles. The summed E-state index contributed by atoms with van der Waals surface area (Å²) in [5.74, 6) is 0.101. The summed E-state index contributed by atoms with van der Waals surface area (Å²) < 4.78 is 6.14. The predicted octanol–water partition coefficient (Wildman–Crippen LogP) is 7.19. The minimum atomic E-state index is -0.916. The Morgan fingerprint density at radius 3 is 2.48 bits per heavy atom. The van der Waals surface area contributed by atoms with E-state index in [0.29, 0.717) is 0 Å². The maximum Gasteiger partial charge on any atom is 0.335 e. The minimum Gasteiger partial charge on any atom is -0.493 e. The van der Waals surface area contributed by atoms with Gasteiger partial charge in [0.2, 0.25) is 0 Å². The fraction of sp³-hybridized carbons (Fsp3) is 0.385. The SMILES string of the molecule is CCCOc1ccc(-c2cnc(-c3ccc(C(=O)O)cc3)s2)cc1C1(C)CCCCC1. The second-order valence-corrected chi connectivity index (χ2v) is 9.62. The van der Waals surface area contributed by atoms with Gasteiger partial charge in [-0.25, -0.2) is 9.78 Å². The Balaban J connectivity index is 1.66. The van der Waals surface area contributed by atoms with Gasteiger partial charge in [0, 0.05) is 17.3 Å². The Kier molecular flexibility index (Phi) is 6.42. The van der Waals surface area contributed by atoms with Crippen molar-refractivity contribution in [3.63, 3.8) is 0 Å². The molecule has 4 nitrogen and oxygen atoms in total. The Morgan fingerprint density at radius 2 is 1.81 bits per heavy atom. The van der Waals surface area contributed by atoms with Crippen LogP contribution in [0.5, 0.6) is 5.75 Å². The van der Waals surface area contributed by atoms with Crippen LogP contribution in [-0.4, -0.2) is 22.7 Å². The zero-order valence-electron chi connectivity index (χ0n) is 18.2. The monoisotopic (exact) mass is 435 g/mol. The van der Waals surface area contributed by atoms with Crippen LogP contribution in [0.3, 0.4) is 0 Å². The standard InChI is InChI=1S/C26H29NO3S/c1-3-15-30-22-12-11-20(16-21(22)26(2)13-5-4-6-14-26)23-17-27-24(31-23)18-7-9-19(10-8-18)25(28)29/h7-12,16-17H,3-6,13-15H2,1-2H3,(H,28,29). The van der Waals surface area contributed by atoms with Crippen molar-refractivity contribution in [2.75, 3.05) is 6.61 Å². The number of nitrogens with zero attached hydrogens (tertiary/aromatic N) is 1. The molecule has 1 fully saturated rings. The van der Waals surface area contributed by atoms with Gasteiger partial charge in [0.25, 0.3) is 0 Å². The molecule has 31 heavy (non-hydrogen) atoms. The fourth-order valence-corrected chi connectivity index (χ4v) is 5.31. The maximum atomic E-state index is 11.1. The van der Waals surface area contributed by atoms with E-state index >= 15 is 0 Å². The van der Waals surface area contributed by atoms with E-state index in [1.807, 2.05) is 18.3 Å². The molecule has 0 spiro atoms. The van der Waals surface area contributed by atoms with Gasteiger partial charge in [-0.15, -0.1) is 11.3 Å². The lowest BCUT2D eigenvalue weighted by atomic mass is 9.70. The molecule has 162 valence electrons. The van der Waals surface area contributed by atoms with E-state index < -0.39 is 5.97 Å². The summed E-state index contributed by atoms with van der Waals surface area (Å²) in [5, 5.41) is 10.00. The van der Waals surface area contributed by atoms with Gasteiger partial charge in [-0.05, 0) is 60.6 Å². The Bertz CT molecular complexity index is 1050. The number of rotatable bonds is 7. The van der Waals surface area contributed by atoms with Crippen LogP contribution in [0.25, 0.3) is 21.0 Å². The number of hydrogen-bond donors (Lipinski definition) is 1. The van der Waals surface area contributed by atoms with Crippen LogP contribution in [-0.2, 0) is 5.41 Å². The average Bonchev–Trinajstić information content (AvgIpc) is 3.28. The molecule has 1 saturated carbocycles. The van der Waals surface area contributed by atoms with Crippen LogP contribution in [0.4, 0.5) is 0 Å². The van der Waals surface area contributed by atoms with Crippen molar-refractivity contribution >= 4 is 17.3 Å². The Hall–Kier alpha value is -2.66. The van der Waals surface area contributed by atoms with E-state index in [1.54, 1.807) is 23.5 Å². The molecule has 0 amide bonds. The molecule has 0 radical (unpaired) electrons. The lowest BCUT2D eigenvalue weighted by molar-refractivity contribution is 0.0697. The van der Waals surface area contributed by atoms with Crippen molar-refractivity contribution < 1.29 is 14.6 Å². The summed E-state index contributed by atoms with van der Waals surface area (Å²) in [4.78, 5) is 16.8. The zero-order chi connectivity index (χ0) is 21.8. The van der Waals surface area contributed by atoms with E-state index in [9.17, 15) is 4.79 Å². The van der Waals surface area contributed by atoms with Crippen molar-refractivity contribution in [3.8, 4) is 26.8 Å². The number of thiazole rings is 1. The normalized spacial score (nSPS) is 15.5. The summed E-state index contributed by atoms with van der Waals surface area (Å²) in [6.07, 6.45) is 9.16. The first-order chi connectivity index (χ1) is 15.0. The van der Waals surface area contributed by atoms with Crippen LogP contribution in [0, 0.1) is 0 Å². The summed E-state index contributed by atoms with van der Waals surface area (Å²) >= 11 is 1.63. The first-order valence-electron chi connectivity index (χ1n) is 11.1. The van der Waals surface area contributed by atoms with Gasteiger partial charge < -0.3 is 9.84 Å². The lowest BCUT2D eigenvalue weighted by Crippen LogP contribution is -2.26. The minimum absolute atomic E-state index is 0.150. The van der Waals surface area contributed by atoms with E-state index in [-0.39, 0.29) is 11.0 Å². The number of aromatic nitrogens is 1. The first-order valence-corrected chi connectivity index (χ1v) is 11.9. The van der Waals surface area contributed by atoms with E-state index in [1.165, 1.54) is 37.7 Å². The quantitative estimate of drug-likeness (QED) is 0.427. The van der Waals surface area contributed by atoms with Gasteiger partial charge in [-0.3, -0.25) is 0 Å². The van der Waals surface area contributed by atoms with Gasteiger partial charge in [-0.2, -0.15) is 0 Å². The molecule has 1 aliphatic rings. The van der Waals surface area contributed by atoms with E-state index in [4.69, 9.17) is 9.84 Å². The number of carbonyl (C=O) groups is 1. The third-order valence-corrected chi connectivity index (χ3v) is 7.31. The van der Waals surface area contributed by atoms with Crippen LogP contribution in [0.1, 0.15) is 68.3 Å². The van der Waals surface area contributed by atoms with Gasteiger partial charge in [0.15, 0.2) is 0 Å². The highest BCUT2D eigenvalue weighted by Crippen LogP contribution is 2.45. The van der Waals surface area contributed by atoms with Crippen LogP contribution in [0.15, 0.2) is 48.7 Å². The van der Waals surface area contributed by atoms with E-state index in [0.717, 1.165) is 39.8 Å². The lowest BCUT2D eigenvalue weighted by Gasteiger charge is -2.35. The third-order valence-electron chi connectivity index (χ3n) is 6.22. The molecule has 0 atom stereocenters. The van der Waals surface area contributed by atoms with Crippen LogP contribution >= 0.6 is 11.3 Å². The van der Waals surface area contributed by atoms with Crippen molar-refractivity contribution in [1.29, 1.82) is 0 Å². The number of carboxylic acids is 1. The van der Waals surface area contributed by atoms with Crippen molar-refractivity contribution in [1.82, 2.24) is 4.98 Å². The predicted molar refractivity (Wildman–Crippen MR) is 126 cm³/mol. The van der Waals surface area contributed by atoms with E-state index in [2.05, 4.69) is 37.0 Å². The number of hydrogen-bond acceptors (Lipinski definition) is 4. The van der Waals surface area contributed by atoms with Crippen molar-refractivity contribution in [2.24, 2.45) is 0 Å². The number of carboxylic acid groups (broad SMARTS) is 1. The largest absolute Gasteiger partial charge is 0.493 e. The summed E-state index contributed by atoms with van der Waals surface area (Å²) in [5.41, 5.74) is 3.85. The molecular weight excluding hydrogens is 406 g/mol. The molecule has 1 heterocycles. The Labute approximate surface area is 187 Å². The molecule has 0 bridgehead atoms. The average molecular weight is 436 g/mol. The zero-order valence-corrected chi connectivity index (χ0v) is 19.0. The molecule has 1 N–H and O–H groups in total. The summed E-state index contributed by atoms with van der Waals surface area (Å²) in [6, 6.07) is 13.5. The number of ether oxygens (including phenoxy) is 1. The number of aromatic carboxylic acids is 1. The highest BCUT2D eigenvalue weighted by Gasteiger charge is 2.32. The molecule has 1 aliphatic carbocycles. The van der Waals surface area contributed by atoms with Gasteiger partial charge in [0.1, 0.15) is 10.8 Å².